The zero-order chi connectivity index (χ0) is 14.4. The molecular weight excluding hydrogens is 320 g/mol. The lowest BCUT2D eigenvalue weighted by molar-refractivity contribution is 0.914. The van der Waals surface area contributed by atoms with Crippen LogP contribution in [0.25, 0.3) is 10.2 Å². The van der Waals surface area contributed by atoms with E-state index in [-0.39, 0.29) is 0 Å². The van der Waals surface area contributed by atoms with Gasteiger partial charge in [-0.2, -0.15) is 0 Å². The number of halogens is 1. The number of aromatic nitrogens is 2. The van der Waals surface area contributed by atoms with Gasteiger partial charge in [0, 0.05) is 20.2 Å². The van der Waals surface area contributed by atoms with Gasteiger partial charge < -0.3 is 0 Å². The molecule has 0 fully saturated rings. The lowest BCUT2D eigenvalue weighted by Gasteiger charge is -2.05. The van der Waals surface area contributed by atoms with Crippen LogP contribution >= 0.6 is 34.7 Å². The van der Waals surface area contributed by atoms with E-state index in [1.54, 1.807) is 11.8 Å². The first-order chi connectivity index (χ1) is 10.2. The first-order valence-corrected chi connectivity index (χ1v) is 8.94. The Morgan fingerprint density at radius 2 is 1.95 bits per heavy atom. The number of aryl methyl sites for hydroxylation is 3. The van der Waals surface area contributed by atoms with Crippen LogP contribution < -0.4 is 0 Å². The van der Waals surface area contributed by atoms with Crippen molar-refractivity contribution in [3.63, 3.8) is 0 Å². The van der Waals surface area contributed by atoms with Crippen molar-refractivity contribution in [2.75, 3.05) is 0 Å². The topological polar surface area (TPSA) is 25.8 Å². The molecule has 5 heteroatoms. The minimum Gasteiger partial charge on any atom is -0.226 e. The van der Waals surface area contributed by atoms with Gasteiger partial charge in [0.1, 0.15) is 15.7 Å². The first kappa shape index (κ1) is 13.6. The van der Waals surface area contributed by atoms with Crippen LogP contribution in [-0.2, 0) is 12.8 Å². The summed E-state index contributed by atoms with van der Waals surface area (Å²) in [5.41, 5.74) is 1.48. The summed E-state index contributed by atoms with van der Waals surface area (Å²) in [6.07, 6.45) is 3.62. The standard InChI is InChI=1S/C16H13ClN2S2/c1-9-18-15(20-11-7-5-10(17)6-8-11)14-12-3-2-4-13(12)21-16(14)19-9/h5-8H,2-4H2,1H3. The fraction of sp³-hybridized carbons (Fsp3) is 0.250. The molecule has 0 unspecified atom stereocenters. The second-order valence-electron chi connectivity index (χ2n) is 5.17. The summed E-state index contributed by atoms with van der Waals surface area (Å²) in [6, 6.07) is 7.94. The van der Waals surface area contributed by atoms with E-state index in [1.165, 1.54) is 28.7 Å². The van der Waals surface area contributed by atoms with Gasteiger partial charge in [0.15, 0.2) is 0 Å². The van der Waals surface area contributed by atoms with Gasteiger partial charge in [-0.1, -0.05) is 23.4 Å². The van der Waals surface area contributed by atoms with Gasteiger partial charge in [0.05, 0.1) is 0 Å². The number of thiophene rings is 1. The van der Waals surface area contributed by atoms with E-state index < -0.39 is 0 Å². The van der Waals surface area contributed by atoms with E-state index in [2.05, 4.69) is 4.98 Å². The summed E-state index contributed by atoms with van der Waals surface area (Å²) in [5, 5.41) is 3.12. The highest BCUT2D eigenvalue weighted by Gasteiger charge is 2.22. The second-order valence-corrected chi connectivity index (χ2v) is 7.75. The number of nitrogens with zero attached hydrogens (tertiary/aromatic N) is 2. The number of hydrogen-bond acceptors (Lipinski definition) is 4. The number of fused-ring (bicyclic) bond motifs is 3. The van der Waals surface area contributed by atoms with Gasteiger partial charge in [0.25, 0.3) is 0 Å². The quantitative estimate of drug-likeness (QED) is 0.596. The van der Waals surface area contributed by atoms with Gasteiger partial charge in [-0.15, -0.1) is 11.3 Å². The molecule has 0 aliphatic heterocycles. The predicted octanol–water partition coefficient (Wildman–Crippen LogP) is 5.29. The van der Waals surface area contributed by atoms with Crippen LogP contribution in [0.4, 0.5) is 0 Å². The molecule has 1 aliphatic carbocycles. The summed E-state index contributed by atoms with van der Waals surface area (Å²) in [4.78, 5) is 13.1. The Kier molecular flexibility index (Phi) is 3.40. The third-order valence-electron chi connectivity index (χ3n) is 3.67. The highest BCUT2D eigenvalue weighted by molar-refractivity contribution is 7.99. The SMILES string of the molecule is Cc1nc(Sc2ccc(Cl)cc2)c2c3c(sc2n1)CCC3. The molecule has 0 amide bonds. The minimum absolute atomic E-state index is 0.764. The predicted molar refractivity (Wildman–Crippen MR) is 89.8 cm³/mol. The van der Waals surface area contributed by atoms with Crippen LogP contribution in [0.5, 0.6) is 0 Å². The molecule has 2 nitrogen and oxygen atoms in total. The monoisotopic (exact) mass is 332 g/mol. The Morgan fingerprint density at radius 3 is 2.76 bits per heavy atom. The van der Waals surface area contributed by atoms with Crippen molar-refractivity contribution in [3.8, 4) is 0 Å². The van der Waals surface area contributed by atoms with Crippen molar-refractivity contribution in [2.24, 2.45) is 0 Å². The van der Waals surface area contributed by atoms with Crippen LogP contribution in [0.2, 0.25) is 5.02 Å². The molecule has 0 spiro atoms. The van der Waals surface area contributed by atoms with Crippen LogP contribution in [-0.4, -0.2) is 9.97 Å². The molecule has 4 rings (SSSR count). The molecule has 3 aromatic rings. The zero-order valence-corrected chi connectivity index (χ0v) is 13.9. The van der Waals surface area contributed by atoms with E-state index in [4.69, 9.17) is 16.6 Å². The number of hydrogen-bond donors (Lipinski definition) is 0. The summed E-state index contributed by atoms with van der Waals surface area (Å²) in [7, 11) is 0. The van der Waals surface area contributed by atoms with Gasteiger partial charge in [0.2, 0.25) is 0 Å². The van der Waals surface area contributed by atoms with Gasteiger partial charge >= 0.3 is 0 Å². The van der Waals surface area contributed by atoms with Crippen LogP contribution in [0.1, 0.15) is 22.7 Å². The zero-order valence-electron chi connectivity index (χ0n) is 11.5. The molecule has 0 saturated carbocycles. The number of rotatable bonds is 2. The molecule has 106 valence electrons. The summed E-state index contributed by atoms with van der Waals surface area (Å²) >= 11 is 9.51. The van der Waals surface area contributed by atoms with E-state index in [0.717, 1.165) is 32.0 Å². The Balaban J connectivity index is 1.85. The lowest BCUT2D eigenvalue weighted by atomic mass is 10.2. The average Bonchev–Trinajstić information content (AvgIpc) is 3.01. The molecule has 2 heterocycles. The van der Waals surface area contributed by atoms with Crippen molar-refractivity contribution in [1.29, 1.82) is 0 Å². The maximum absolute atomic E-state index is 5.96. The fourth-order valence-corrected chi connectivity index (χ4v) is 5.24. The summed E-state index contributed by atoms with van der Waals surface area (Å²) < 4.78 is 0. The highest BCUT2D eigenvalue weighted by Crippen LogP contribution is 2.42. The van der Waals surface area contributed by atoms with Crippen LogP contribution in [0.3, 0.4) is 0 Å². The van der Waals surface area contributed by atoms with E-state index in [0.29, 0.717) is 0 Å². The largest absolute Gasteiger partial charge is 0.226 e. The normalized spacial score (nSPS) is 13.8. The molecule has 1 aromatic carbocycles. The molecule has 0 bridgehead atoms. The molecule has 0 N–H and O–H groups in total. The molecule has 0 radical (unpaired) electrons. The van der Waals surface area contributed by atoms with Crippen molar-refractivity contribution < 1.29 is 0 Å². The Labute approximate surface area is 136 Å². The van der Waals surface area contributed by atoms with Crippen LogP contribution in [0.15, 0.2) is 34.2 Å². The molecule has 2 aromatic heterocycles. The summed E-state index contributed by atoms with van der Waals surface area (Å²) in [5.74, 6) is 0.846. The maximum Gasteiger partial charge on any atom is 0.128 e. The summed E-state index contributed by atoms with van der Waals surface area (Å²) in [6.45, 7) is 1.97. The second kappa shape index (κ2) is 5.27. The molecule has 0 atom stereocenters. The van der Waals surface area contributed by atoms with Gasteiger partial charge in [-0.3, -0.25) is 0 Å². The van der Waals surface area contributed by atoms with Crippen LogP contribution in [0, 0.1) is 6.92 Å². The average molecular weight is 333 g/mol. The third-order valence-corrected chi connectivity index (χ3v) is 6.11. The molecule has 1 aliphatic rings. The van der Waals surface area contributed by atoms with Crippen molar-refractivity contribution >= 4 is 44.9 Å². The number of benzene rings is 1. The molecular formula is C16H13ClN2S2. The Bertz CT molecular complexity index is 824. The van der Waals surface area contributed by atoms with Crippen molar-refractivity contribution in [1.82, 2.24) is 9.97 Å². The lowest BCUT2D eigenvalue weighted by Crippen LogP contribution is -1.92. The van der Waals surface area contributed by atoms with Crippen molar-refractivity contribution in [2.45, 2.75) is 36.1 Å². The molecule has 0 saturated heterocycles. The first-order valence-electron chi connectivity index (χ1n) is 6.93. The Morgan fingerprint density at radius 1 is 1.14 bits per heavy atom. The van der Waals surface area contributed by atoms with E-state index >= 15 is 0 Å². The van der Waals surface area contributed by atoms with E-state index in [1.807, 2.05) is 42.5 Å². The third kappa shape index (κ3) is 2.45. The van der Waals surface area contributed by atoms with Gasteiger partial charge in [-0.05, 0) is 56.0 Å². The minimum atomic E-state index is 0.764. The molecule has 21 heavy (non-hydrogen) atoms. The smallest absolute Gasteiger partial charge is 0.128 e. The van der Waals surface area contributed by atoms with Crippen molar-refractivity contribution in [3.05, 3.63) is 45.6 Å². The van der Waals surface area contributed by atoms with E-state index in [9.17, 15) is 0 Å². The fourth-order valence-electron chi connectivity index (χ4n) is 2.75. The highest BCUT2D eigenvalue weighted by atomic mass is 35.5. The Hall–Kier alpha value is -1.10. The van der Waals surface area contributed by atoms with Gasteiger partial charge in [-0.25, -0.2) is 9.97 Å². The maximum atomic E-state index is 5.96.